The zero-order valence-electron chi connectivity index (χ0n) is 9.30. The Labute approximate surface area is 94.0 Å². The van der Waals surface area contributed by atoms with E-state index in [1.165, 1.54) is 19.2 Å². The van der Waals surface area contributed by atoms with Gasteiger partial charge in [0.25, 0.3) is 0 Å². The van der Waals surface area contributed by atoms with Crippen LogP contribution in [0, 0.1) is 0 Å². The van der Waals surface area contributed by atoms with Crippen LogP contribution in [-0.2, 0) is 0 Å². The van der Waals surface area contributed by atoms with Gasteiger partial charge < -0.3 is 14.7 Å². The van der Waals surface area contributed by atoms with Gasteiger partial charge in [-0.15, -0.1) is 6.58 Å². The molecule has 0 aliphatic carbocycles. The van der Waals surface area contributed by atoms with Crippen LogP contribution in [0.5, 0.6) is 5.88 Å². The minimum atomic E-state index is -1.01. The van der Waals surface area contributed by atoms with Crippen molar-refractivity contribution in [3.63, 3.8) is 0 Å². The highest BCUT2D eigenvalue weighted by Gasteiger charge is 2.10. The van der Waals surface area contributed by atoms with Crippen LogP contribution in [0.2, 0.25) is 0 Å². The zero-order chi connectivity index (χ0) is 12.1. The molecule has 0 radical (unpaired) electrons. The van der Waals surface area contributed by atoms with Gasteiger partial charge >= 0.3 is 5.97 Å². The first-order chi connectivity index (χ1) is 7.58. The summed E-state index contributed by atoms with van der Waals surface area (Å²) >= 11 is 0. The average molecular weight is 222 g/mol. The highest BCUT2D eigenvalue weighted by Crippen LogP contribution is 2.18. The van der Waals surface area contributed by atoms with E-state index in [1.807, 2.05) is 0 Å². The van der Waals surface area contributed by atoms with Crippen molar-refractivity contribution in [2.24, 2.45) is 0 Å². The average Bonchev–Trinajstić information content (AvgIpc) is 2.28. The topological polar surface area (TPSA) is 62.7 Å². The second-order valence-corrected chi connectivity index (χ2v) is 3.23. The van der Waals surface area contributed by atoms with E-state index in [1.54, 1.807) is 18.0 Å². The summed E-state index contributed by atoms with van der Waals surface area (Å²) in [5.41, 5.74) is 0.151. The van der Waals surface area contributed by atoms with E-state index < -0.39 is 5.97 Å². The molecule has 0 bridgehead atoms. The minimum absolute atomic E-state index is 0.151. The van der Waals surface area contributed by atoms with Gasteiger partial charge in [-0.3, -0.25) is 0 Å². The molecule has 86 valence electrons. The Morgan fingerprint density at radius 3 is 2.88 bits per heavy atom. The summed E-state index contributed by atoms with van der Waals surface area (Å²) in [5, 5.41) is 8.92. The molecule has 1 N–H and O–H groups in total. The molecule has 1 heterocycles. The fraction of sp³-hybridized carbons (Fsp3) is 0.273. The van der Waals surface area contributed by atoms with Gasteiger partial charge in [-0.1, -0.05) is 6.08 Å². The molecule has 5 nitrogen and oxygen atoms in total. The summed E-state index contributed by atoms with van der Waals surface area (Å²) < 4.78 is 4.95. The Bertz CT molecular complexity index is 404. The number of hydrogen-bond donors (Lipinski definition) is 1. The highest BCUT2D eigenvalue weighted by atomic mass is 16.5. The maximum absolute atomic E-state index is 10.9. The Hall–Kier alpha value is -2.04. The molecule has 1 rings (SSSR count). The molecular formula is C11H14N2O3. The molecule has 16 heavy (non-hydrogen) atoms. The van der Waals surface area contributed by atoms with Crippen LogP contribution < -0.4 is 9.64 Å². The maximum Gasteiger partial charge on any atom is 0.336 e. The van der Waals surface area contributed by atoms with Crippen molar-refractivity contribution >= 4 is 11.8 Å². The number of methoxy groups -OCH3 is 1. The molecule has 1 aromatic heterocycles. The third-order valence-corrected chi connectivity index (χ3v) is 2.04. The van der Waals surface area contributed by atoms with Gasteiger partial charge in [0.2, 0.25) is 5.88 Å². The molecule has 1 aromatic rings. The molecular weight excluding hydrogens is 208 g/mol. The number of carbonyl (C=O) groups is 1. The smallest absolute Gasteiger partial charge is 0.336 e. The number of hydrogen-bond acceptors (Lipinski definition) is 4. The third-order valence-electron chi connectivity index (χ3n) is 2.04. The van der Waals surface area contributed by atoms with E-state index in [0.717, 1.165) is 0 Å². The Kier molecular flexibility index (Phi) is 3.88. The SMILES string of the molecule is C=CCN(C)c1cc(C(=O)O)cc(OC)n1. The number of likely N-dealkylation sites (N-methyl/N-ethyl adjacent to an activating group) is 1. The van der Waals surface area contributed by atoms with Gasteiger partial charge in [0.15, 0.2) is 0 Å². The van der Waals surface area contributed by atoms with Crippen LogP contribution >= 0.6 is 0 Å². The number of anilines is 1. The first-order valence-corrected chi connectivity index (χ1v) is 4.70. The molecule has 0 saturated carbocycles. The number of aromatic nitrogens is 1. The number of pyridine rings is 1. The molecule has 0 fully saturated rings. The lowest BCUT2D eigenvalue weighted by Crippen LogP contribution is -2.18. The molecule has 0 aromatic carbocycles. The Morgan fingerprint density at radius 2 is 2.38 bits per heavy atom. The standard InChI is InChI=1S/C11H14N2O3/c1-4-5-13(2)9-6-8(11(14)15)7-10(12-9)16-3/h4,6-7H,1,5H2,2-3H3,(H,14,15). The minimum Gasteiger partial charge on any atom is -0.481 e. The van der Waals surface area contributed by atoms with Crippen LogP contribution in [0.25, 0.3) is 0 Å². The molecule has 0 atom stereocenters. The monoisotopic (exact) mass is 222 g/mol. The van der Waals surface area contributed by atoms with Crippen molar-refractivity contribution in [3.8, 4) is 5.88 Å². The lowest BCUT2D eigenvalue weighted by atomic mass is 10.2. The number of ether oxygens (including phenoxy) is 1. The number of rotatable bonds is 5. The summed E-state index contributed by atoms with van der Waals surface area (Å²) in [4.78, 5) is 16.8. The van der Waals surface area contributed by atoms with E-state index in [0.29, 0.717) is 12.4 Å². The van der Waals surface area contributed by atoms with Crippen LogP contribution in [-0.4, -0.2) is 36.8 Å². The van der Waals surface area contributed by atoms with Gasteiger partial charge in [0.05, 0.1) is 12.7 Å². The quantitative estimate of drug-likeness (QED) is 0.763. The predicted molar refractivity (Wildman–Crippen MR) is 61.2 cm³/mol. The van der Waals surface area contributed by atoms with Crippen molar-refractivity contribution in [1.29, 1.82) is 0 Å². The summed E-state index contributed by atoms with van der Waals surface area (Å²) in [6.07, 6.45) is 1.71. The van der Waals surface area contributed by atoms with Crippen LogP contribution in [0.4, 0.5) is 5.82 Å². The molecule has 0 aliphatic heterocycles. The number of carboxylic acid groups (broad SMARTS) is 1. The van der Waals surface area contributed by atoms with Gasteiger partial charge in [-0.2, -0.15) is 4.98 Å². The van der Waals surface area contributed by atoms with Crippen molar-refractivity contribution in [3.05, 3.63) is 30.4 Å². The maximum atomic E-state index is 10.9. The fourth-order valence-electron chi connectivity index (χ4n) is 1.20. The van der Waals surface area contributed by atoms with Gasteiger partial charge in [-0.05, 0) is 6.07 Å². The van der Waals surface area contributed by atoms with Gasteiger partial charge in [0.1, 0.15) is 5.82 Å². The third kappa shape index (κ3) is 2.73. The first-order valence-electron chi connectivity index (χ1n) is 4.70. The van der Waals surface area contributed by atoms with Crippen LogP contribution in [0.1, 0.15) is 10.4 Å². The zero-order valence-corrected chi connectivity index (χ0v) is 9.30. The van der Waals surface area contributed by atoms with Crippen molar-refractivity contribution in [2.45, 2.75) is 0 Å². The number of aromatic carboxylic acids is 1. The predicted octanol–water partition coefficient (Wildman–Crippen LogP) is 1.41. The second kappa shape index (κ2) is 5.16. The second-order valence-electron chi connectivity index (χ2n) is 3.23. The number of carboxylic acids is 1. The Morgan fingerprint density at radius 1 is 1.69 bits per heavy atom. The summed E-state index contributed by atoms with van der Waals surface area (Å²) in [5.74, 6) is -0.184. The summed E-state index contributed by atoms with van der Waals surface area (Å²) in [7, 11) is 3.25. The first kappa shape index (κ1) is 12.0. The van der Waals surface area contributed by atoms with Crippen LogP contribution in [0.3, 0.4) is 0 Å². The molecule has 5 heteroatoms. The highest BCUT2D eigenvalue weighted by molar-refractivity contribution is 5.88. The van der Waals surface area contributed by atoms with E-state index >= 15 is 0 Å². The fourth-order valence-corrected chi connectivity index (χ4v) is 1.20. The molecule has 0 unspecified atom stereocenters. The van der Waals surface area contributed by atoms with Crippen molar-refractivity contribution in [2.75, 3.05) is 25.6 Å². The molecule has 0 spiro atoms. The normalized spacial score (nSPS) is 9.62. The lowest BCUT2D eigenvalue weighted by molar-refractivity contribution is 0.0696. The Balaban J connectivity index is 3.13. The van der Waals surface area contributed by atoms with E-state index in [2.05, 4.69) is 11.6 Å². The van der Waals surface area contributed by atoms with Gasteiger partial charge in [-0.25, -0.2) is 4.79 Å². The van der Waals surface area contributed by atoms with E-state index in [-0.39, 0.29) is 11.4 Å². The summed E-state index contributed by atoms with van der Waals surface area (Å²) in [6, 6.07) is 2.88. The van der Waals surface area contributed by atoms with Crippen molar-refractivity contribution < 1.29 is 14.6 Å². The van der Waals surface area contributed by atoms with Crippen molar-refractivity contribution in [1.82, 2.24) is 4.98 Å². The molecule has 0 aliphatic rings. The summed E-state index contributed by atoms with van der Waals surface area (Å²) in [6.45, 7) is 4.19. The van der Waals surface area contributed by atoms with Crippen LogP contribution in [0.15, 0.2) is 24.8 Å². The van der Waals surface area contributed by atoms with E-state index in [9.17, 15) is 4.79 Å². The lowest BCUT2D eigenvalue weighted by Gasteiger charge is -2.16. The number of nitrogens with zero attached hydrogens (tertiary/aromatic N) is 2. The molecule has 0 amide bonds. The van der Waals surface area contributed by atoms with Gasteiger partial charge in [0, 0.05) is 19.7 Å². The molecule has 0 saturated heterocycles. The van der Waals surface area contributed by atoms with E-state index in [4.69, 9.17) is 9.84 Å². The largest absolute Gasteiger partial charge is 0.481 e.